The number of ketones is 1. The van der Waals surface area contributed by atoms with Crippen molar-refractivity contribution in [1.29, 1.82) is 0 Å². The van der Waals surface area contributed by atoms with Gasteiger partial charge in [-0.1, -0.05) is 6.92 Å². The molecule has 76 valence electrons. The van der Waals surface area contributed by atoms with Gasteiger partial charge in [-0.15, -0.1) is 0 Å². The van der Waals surface area contributed by atoms with Gasteiger partial charge in [0, 0.05) is 12.0 Å². The van der Waals surface area contributed by atoms with Gasteiger partial charge >= 0.3 is 0 Å². The van der Waals surface area contributed by atoms with Crippen molar-refractivity contribution < 1.29 is 9.53 Å². The van der Waals surface area contributed by atoms with E-state index >= 15 is 0 Å². The Kier molecular flexibility index (Phi) is 3.28. The molecular formula is C12H16O2. The molecule has 0 aliphatic carbocycles. The number of hydrogen-bond donors (Lipinski definition) is 0. The first-order chi connectivity index (χ1) is 6.61. The minimum atomic E-state index is 0.188. The summed E-state index contributed by atoms with van der Waals surface area (Å²) in [5, 5.41) is 0. The molecule has 0 amide bonds. The van der Waals surface area contributed by atoms with E-state index in [-0.39, 0.29) is 5.78 Å². The van der Waals surface area contributed by atoms with E-state index in [0.717, 1.165) is 22.4 Å². The predicted molar refractivity (Wildman–Crippen MR) is 57.1 cm³/mol. The molecule has 0 aromatic heterocycles. The topological polar surface area (TPSA) is 26.3 Å². The van der Waals surface area contributed by atoms with Crippen LogP contribution in [0.25, 0.3) is 0 Å². The summed E-state index contributed by atoms with van der Waals surface area (Å²) in [4.78, 5) is 11.5. The van der Waals surface area contributed by atoms with Crippen molar-refractivity contribution in [2.45, 2.75) is 27.2 Å². The van der Waals surface area contributed by atoms with Crippen LogP contribution in [0.3, 0.4) is 0 Å². The Balaban J connectivity index is 3.24. The average molecular weight is 192 g/mol. The van der Waals surface area contributed by atoms with Crippen LogP contribution >= 0.6 is 0 Å². The Morgan fingerprint density at radius 3 is 2.43 bits per heavy atom. The molecule has 1 rings (SSSR count). The van der Waals surface area contributed by atoms with Gasteiger partial charge in [-0.3, -0.25) is 4.79 Å². The van der Waals surface area contributed by atoms with Gasteiger partial charge in [0.15, 0.2) is 5.78 Å². The molecule has 0 spiro atoms. The summed E-state index contributed by atoms with van der Waals surface area (Å²) in [7, 11) is 1.64. The van der Waals surface area contributed by atoms with Crippen molar-refractivity contribution in [3.8, 4) is 5.75 Å². The molecule has 1 aromatic rings. The maximum Gasteiger partial charge on any atom is 0.162 e. The first kappa shape index (κ1) is 10.8. The number of methoxy groups -OCH3 is 1. The number of ether oxygens (including phenoxy) is 1. The Bertz CT molecular complexity index is 354. The summed E-state index contributed by atoms with van der Waals surface area (Å²) in [5.74, 6) is 1.03. The standard InChI is InChI=1S/C12H16O2/c1-5-11(13)10-6-7-12(14-4)9(3)8(10)2/h6-7H,5H2,1-4H3. The van der Waals surface area contributed by atoms with E-state index in [2.05, 4.69) is 0 Å². The van der Waals surface area contributed by atoms with Crippen molar-refractivity contribution in [3.63, 3.8) is 0 Å². The summed E-state index contributed by atoms with van der Waals surface area (Å²) >= 11 is 0. The van der Waals surface area contributed by atoms with Gasteiger partial charge in [0.25, 0.3) is 0 Å². The van der Waals surface area contributed by atoms with Gasteiger partial charge < -0.3 is 4.74 Å². The Hall–Kier alpha value is -1.31. The highest BCUT2D eigenvalue weighted by molar-refractivity contribution is 5.97. The number of carbonyl (C=O) groups is 1. The second kappa shape index (κ2) is 4.27. The van der Waals surface area contributed by atoms with Crippen LogP contribution in [0.1, 0.15) is 34.8 Å². The third kappa shape index (κ3) is 1.79. The first-order valence-corrected chi connectivity index (χ1v) is 4.79. The molecule has 2 heteroatoms. The van der Waals surface area contributed by atoms with E-state index in [4.69, 9.17) is 4.74 Å². The van der Waals surface area contributed by atoms with Crippen LogP contribution in [-0.2, 0) is 0 Å². The van der Waals surface area contributed by atoms with Crippen LogP contribution in [0.4, 0.5) is 0 Å². The second-order valence-electron chi connectivity index (χ2n) is 3.34. The lowest BCUT2D eigenvalue weighted by Gasteiger charge is -2.10. The molecule has 0 atom stereocenters. The summed E-state index contributed by atoms with van der Waals surface area (Å²) in [6, 6.07) is 3.69. The zero-order valence-electron chi connectivity index (χ0n) is 9.18. The van der Waals surface area contributed by atoms with E-state index in [1.165, 1.54) is 0 Å². The van der Waals surface area contributed by atoms with Gasteiger partial charge in [-0.2, -0.15) is 0 Å². The van der Waals surface area contributed by atoms with Gasteiger partial charge in [0.1, 0.15) is 5.75 Å². The lowest BCUT2D eigenvalue weighted by atomic mass is 9.98. The SMILES string of the molecule is CCC(=O)c1ccc(OC)c(C)c1C. The van der Waals surface area contributed by atoms with Gasteiger partial charge in [0.2, 0.25) is 0 Å². The lowest BCUT2D eigenvalue weighted by Crippen LogP contribution is -2.02. The Labute approximate surface area is 84.9 Å². The third-order valence-electron chi connectivity index (χ3n) is 2.58. The molecule has 0 aliphatic heterocycles. The summed E-state index contributed by atoms with van der Waals surface area (Å²) in [5.41, 5.74) is 2.88. The lowest BCUT2D eigenvalue weighted by molar-refractivity contribution is 0.0987. The van der Waals surface area contributed by atoms with Gasteiger partial charge in [-0.25, -0.2) is 0 Å². The molecule has 0 unspecified atom stereocenters. The average Bonchev–Trinajstić information content (AvgIpc) is 2.21. The van der Waals surface area contributed by atoms with E-state index in [1.807, 2.05) is 32.9 Å². The number of carbonyl (C=O) groups excluding carboxylic acids is 1. The van der Waals surface area contributed by atoms with Crippen LogP contribution in [0.2, 0.25) is 0 Å². The minimum Gasteiger partial charge on any atom is -0.496 e. The molecule has 0 bridgehead atoms. The van der Waals surface area contributed by atoms with E-state index in [0.29, 0.717) is 6.42 Å². The molecule has 0 heterocycles. The van der Waals surface area contributed by atoms with Crippen LogP contribution in [0.15, 0.2) is 12.1 Å². The largest absolute Gasteiger partial charge is 0.496 e. The number of Topliss-reactive ketones (excluding diaryl/α,β-unsaturated/α-hetero) is 1. The predicted octanol–water partition coefficient (Wildman–Crippen LogP) is 2.90. The fourth-order valence-electron chi connectivity index (χ4n) is 1.51. The molecule has 0 fully saturated rings. The van der Waals surface area contributed by atoms with E-state index in [9.17, 15) is 4.79 Å². The number of hydrogen-bond acceptors (Lipinski definition) is 2. The highest BCUT2D eigenvalue weighted by Crippen LogP contribution is 2.24. The molecule has 0 saturated carbocycles. The number of benzene rings is 1. The normalized spacial score (nSPS) is 10.0. The third-order valence-corrected chi connectivity index (χ3v) is 2.58. The highest BCUT2D eigenvalue weighted by atomic mass is 16.5. The van der Waals surface area contributed by atoms with Crippen molar-refractivity contribution in [3.05, 3.63) is 28.8 Å². The smallest absolute Gasteiger partial charge is 0.162 e. The molecule has 1 aromatic carbocycles. The molecule has 14 heavy (non-hydrogen) atoms. The van der Waals surface area contributed by atoms with E-state index in [1.54, 1.807) is 7.11 Å². The molecule has 0 saturated heterocycles. The van der Waals surface area contributed by atoms with Crippen molar-refractivity contribution in [1.82, 2.24) is 0 Å². The summed E-state index contributed by atoms with van der Waals surface area (Å²) < 4.78 is 5.18. The van der Waals surface area contributed by atoms with Crippen molar-refractivity contribution in [2.75, 3.05) is 7.11 Å². The van der Waals surface area contributed by atoms with Crippen molar-refractivity contribution >= 4 is 5.78 Å². The quantitative estimate of drug-likeness (QED) is 0.688. The first-order valence-electron chi connectivity index (χ1n) is 4.79. The van der Waals surface area contributed by atoms with Crippen LogP contribution in [0.5, 0.6) is 5.75 Å². The molecule has 0 radical (unpaired) electrons. The van der Waals surface area contributed by atoms with Crippen molar-refractivity contribution in [2.24, 2.45) is 0 Å². The zero-order chi connectivity index (χ0) is 10.7. The molecule has 2 nitrogen and oxygen atoms in total. The fourth-order valence-corrected chi connectivity index (χ4v) is 1.51. The molecule has 0 N–H and O–H groups in total. The van der Waals surface area contributed by atoms with Crippen LogP contribution in [0, 0.1) is 13.8 Å². The van der Waals surface area contributed by atoms with Crippen LogP contribution < -0.4 is 4.74 Å². The molecule has 0 aliphatic rings. The maximum atomic E-state index is 11.5. The Morgan fingerprint density at radius 2 is 1.93 bits per heavy atom. The van der Waals surface area contributed by atoms with Crippen LogP contribution in [-0.4, -0.2) is 12.9 Å². The number of rotatable bonds is 3. The second-order valence-corrected chi connectivity index (χ2v) is 3.34. The van der Waals surface area contributed by atoms with Gasteiger partial charge in [0.05, 0.1) is 7.11 Å². The highest BCUT2D eigenvalue weighted by Gasteiger charge is 2.11. The summed E-state index contributed by atoms with van der Waals surface area (Å²) in [6.07, 6.45) is 0.548. The van der Waals surface area contributed by atoms with Gasteiger partial charge in [-0.05, 0) is 37.1 Å². The monoisotopic (exact) mass is 192 g/mol. The van der Waals surface area contributed by atoms with E-state index < -0.39 is 0 Å². The zero-order valence-corrected chi connectivity index (χ0v) is 9.18. The minimum absolute atomic E-state index is 0.188. The maximum absolute atomic E-state index is 11.5. The Morgan fingerprint density at radius 1 is 1.29 bits per heavy atom. The molecular weight excluding hydrogens is 176 g/mol. The fraction of sp³-hybridized carbons (Fsp3) is 0.417. The summed E-state index contributed by atoms with van der Waals surface area (Å²) in [6.45, 7) is 5.81.